The zero-order chi connectivity index (χ0) is 13.1. The molecule has 1 aromatic heterocycles. The molecular formula is C12H14N2O4. The highest BCUT2D eigenvalue weighted by atomic mass is 16.5. The third-order valence-electron chi connectivity index (χ3n) is 2.41. The summed E-state index contributed by atoms with van der Waals surface area (Å²) >= 11 is 0. The molecule has 0 saturated carbocycles. The van der Waals surface area contributed by atoms with Crippen molar-refractivity contribution in [2.45, 2.75) is 13.0 Å². The Labute approximate surface area is 104 Å². The normalized spacial score (nSPS) is 12.2. The molecule has 2 aromatic rings. The van der Waals surface area contributed by atoms with E-state index in [0.717, 1.165) is 0 Å². The maximum absolute atomic E-state index is 9.34. The van der Waals surface area contributed by atoms with Gasteiger partial charge in [0.1, 0.15) is 17.6 Å². The fraction of sp³-hybridized carbons (Fsp3) is 0.333. The number of nitrogens with zero attached hydrogens (tertiary/aromatic N) is 2. The van der Waals surface area contributed by atoms with Crippen molar-refractivity contribution in [3.8, 4) is 22.9 Å². The highest BCUT2D eigenvalue weighted by Gasteiger charge is 2.14. The first-order chi connectivity index (χ1) is 8.63. The first-order valence-electron chi connectivity index (χ1n) is 5.39. The van der Waals surface area contributed by atoms with Crippen molar-refractivity contribution in [3.05, 3.63) is 24.1 Å². The topological polar surface area (TPSA) is 77.6 Å². The van der Waals surface area contributed by atoms with Crippen LogP contribution in [0.25, 0.3) is 11.4 Å². The zero-order valence-electron chi connectivity index (χ0n) is 10.4. The third-order valence-corrected chi connectivity index (χ3v) is 2.41. The molecular weight excluding hydrogens is 236 g/mol. The molecule has 0 radical (unpaired) electrons. The van der Waals surface area contributed by atoms with Gasteiger partial charge in [-0.05, 0) is 19.1 Å². The van der Waals surface area contributed by atoms with Crippen molar-refractivity contribution < 1.29 is 19.1 Å². The molecule has 0 spiro atoms. The summed E-state index contributed by atoms with van der Waals surface area (Å²) in [4.78, 5) is 4.09. The van der Waals surface area contributed by atoms with Crippen LogP contribution in [0.4, 0.5) is 0 Å². The van der Waals surface area contributed by atoms with Crippen LogP contribution in [0.15, 0.2) is 22.7 Å². The van der Waals surface area contributed by atoms with E-state index in [4.69, 9.17) is 14.0 Å². The molecule has 1 atom stereocenters. The van der Waals surface area contributed by atoms with E-state index in [0.29, 0.717) is 22.9 Å². The summed E-state index contributed by atoms with van der Waals surface area (Å²) in [5, 5.41) is 13.1. The molecule has 18 heavy (non-hydrogen) atoms. The Bertz CT molecular complexity index is 514. The summed E-state index contributed by atoms with van der Waals surface area (Å²) < 4.78 is 15.2. The van der Waals surface area contributed by atoms with Gasteiger partial charge in [0.15, 0.2) is 0 Å². The number of benzene rings is 1. The van der Waals surface area contributed by atoms with Gasteiger partial charge >= 0.3 is 0 Å². The molecule has 2 rings (SSSR count). The fourth-order valence-electron chi connectivity index (χ4n) is 1.46. The van der Waals surface area contributed by atoms with Crippen molar-refractivity contribution in [2.75, 3.05) is 14.2 Å². The molecule has 1 unspecified atom stereocenters. The van der Waals surface area contributed by atoms with E-state index in [9.17, 15) is 5.11 Å². The SMILES string of the molecule is COc1cc(OC)cc(-c2noc(C(C)O)n2)c1. The minimum absolute atomic E-state index is 0.173. The summed E-state index contributed by atoms with van der Waals surface area (Å²) in [6.07, 6.45) is -0.793. The second-order valence-corrected chi connectivity index (χ2v) is 3.73. The van der Waals surface area contributed by atoms with E-state index >= 15 is 0 Å². The molecule has 0 fully saturated rings. The predicted octanol–water partition coefficient (Wildman–Crippen LogP) is 1.81. The van der Waals surface area contributed by atoms with Gasteiger partial charge in [-0.3, -0.25) is 0 Å². The maximum Gasteiger partial charge on any atom is 0.255 e. The minimum atomic E-state index is -0.793. The highest BCUT2D eigenvalue weighted by molar-refractivity contribution is 5.60. The van der Waals surface area contributed by atoms with Crippen molar-refractivity contribution in [2.24, 2.45) is 0 Å². The van der Waals surface area contributed by atoms with Crippen molar-refractivity contribution in [3.63, 3.8) is 0 Å². The number of rotatable bonds is 4. The maximum atomic E-state index is 9.34. The molecule has 1 heterocycles. The second-order valence-electron chi connectivity index (χ2n) is 3.73. The average Bonchev–Trinajstić information content (AvgIpc) is 2.87. The molecule has 1 aromatic carbocycles. The minimum Gasteiger partial charge on any atom is -0.497 e. The number of aromatic nitrogens is 2. The van der Waals surface area contributed by atoms with E-state index in [1.807, 2.05) is 0 Å². The lowest BCUT2D eigenvalue weighted by atomic mass is 10.2. The summed E-state index contributed by atoms with van der Waals surface area (Å²) in [6, 6.07) is 5.28. The van der Waals surface area contributed by atoms with Crippen LogP contribution in [0.5, 0.6) is 11.5 Å². The molecule has 1 N–H and O–H groups in total. The van der Waals surface area contributed by atoms with Gasteiger partial charge in [-0.25, -0.2) is 0 Å². The average molecular weight is 250 g/mol. The van der Waals surface area contributed by atoms with Crippen LogP contribution in [0.3, 0.4) is 0 Å². The Balaban J connectivity index is 2.42. The smallest absolute Gasteiger partial charge is 0.255 e. The summed E-state index contributed by atoms with van der Waals surface area (Å²) in [7, 11) is 3.13. The monoisotopic (exact) mass is 250 g/mol. The lowest BCUT2D eigenvalue weighted by molar-refractivity contribution is 0.152. The third kappa shape index (κ3) is 2.43. The number of aliphatic hydroxyl groups excluding tert-OH is 1. The number of hydrogen-bond donors (Lipinski definition) is 1. The molecule has 0 aliphatic carbocycles. The molecule has 0 bridgehead atoms. The fourth-order valence-corrected chi connectivity index (χ4v) is 1.46. The summed E-state index contributed by atoms with van der Waals surface area (Å²) in [5.41, 5.74) is 0.696. The first-order valence-corrected chi connectivity index (χ1v) is 5.39. The number of hydrogen-bond acceptors (Lipinski definition) is 6. The molecule has 0 aliphatic heterocycles. The Hall–Kier alpha value is -2.08. The Kier molecular flexibility index (Phi) is 3.47. The number of aliphatic hydroxyl groups is 1. The van der Waals surface area contributed by atoms with E-state index in [2.05, 4.69) is 10.1 Å². The molecule has 0 aliphatic rings. The van der Waals surface area contributed by atoms with Crippen molar-refractivity contribution in [1.29, 1.82) is 0 Å². The van der Waals surface area contributed by atoms with Crippen LogP contribution in [0.1, 0.15) is 18.9 Å². The Morgan fingerprint density at radius 1 is 1.17 bits per heavy atom. The van der Waals surface area contributed by atoms with Gasteiger partial charge in [-0.1, -0.05) is 5.16 Å². The van der Waals surface area contributed by atoms with Gasteiger partial charge in [0, 0.05) is 11.6 Å². The summed E-state index contributed by atoms with van der Waals surface area (Å²) in [6.45, 7) is 1.56. The van der Waals surface area contributed by atoms with Crippen LogP contribution in [0, 0.1) is 0 Å². The molecule has 6 heteroatoms. The van der Waals surface area contributed by atoms with Crippen LogP contribution in [-0.2, 0) is 0 Å². The van der Waals surface area contributed by atoms with Gasteiger partial charge in [0.25, 0.3) is 5.89 Å². The standard InChI is InChI=1S/C12H14N2O4/c1-7(15)12-13-11(14-18-12)8-4-9(16-2)6-10(5-8)17-3/h4-7,15H,1-3H3. The molecule has 0 saturated heterocycles. The van der Waals surface area contributed by atoms with Crippen LogP contribution >= 0.6 is 0 Å². The van der Waals surface area contributed by atoms with Crippen molar-refractivity contribution >= 4 is 0 Å². The van der Waals surface area contributed by atoms with Crippen LogP contribution in [-0.4, -0.2) is 29.5 Å². The lowest BCUT2D eigenvalue weighted by Gasteiger charge is -2.05. The lowest BCUT2D eigenvalue weighted by Crippen LogP contribution is -1.92. The van der Waals surface area contributed by atoms with Gasteiger partial charge < -0.3 is 19.1 Å². The zero-order valence-corrected chi connectivity index (χ0v) is 10.4. The molecule has 96 valence electrons. The Morgan fingerprint density at radius 3 is 2.22 bits per heavy atom. The van der Waals surface area contributed by atoms with Gasteiger partial charge in [0.05, 0.1) is 14.2 Å². The largest absolute Gasteiger partial charge is 0.497 e. The quantitative estimate of drug-likeness (QED) is 0.891. The van der Waals surface area contributed by atoms with E-state index in [1.54, 1.807) is 39.3 Å². The predicted molar refractivity (Wildman–Crippen MR) is 63.5 cm³/mol. The van der Waals surface area contributed by atoms with Gasteiger partial charge in [-0.15, -0.1) is 0 Å². The van der Waals surface area contributed by atoms with E-state index < -0.39 is 6.10 Å². The highest BCUT2D eigenvalue weighted by Crippen LogP contribution is 2.28. The van der Waals surface area contributed by atoms with Crippen LogP contribution < -0.4 is 9.47 Å². The second kappa shape index (κ2) is 5.05. The first kappa shape index (κ1) is 12.4. The van der Waals surface area contributed by atoms with E-state index in [-0.39, 0.29) is 5.89 Å². The molecule has 6 nitrogen and oxygen atoms in total. The Morgan fingerprint density at radius 2 is 1.78 bits per heavy atom. The van der Waals surface area contributed by atoms with Gasteiger partial charge in [0.2, 0.25) is 5.82 Å². The summed E-state index contributed by atoms with van der Waals surface area (Å²) in [5.74, 6) is 1.82. The molecule has 0 amide bonds. The number of ether oxygens (including phenoxy) is 2. The van der Waals surface area contributed by atoms with Crippen LogP contribution in [0.2, 0.25) is 0 Å². The van der Waals surface area contributed by atoms with Crippen molar-refractivity contribution in [1.82, 2.24) is 10.1 Å². The van der Waals surface area contributed by atoms with E-state index in [1.165, 1.54) is 0 Å². The number of methoxy groups -OCH3 is 2. The van der Waals surface area contributed by atoms with Gasteiger partial charge in [-0.2, -0.15) is 4.98 Å².